The smallest absolute Gasteiger partial charge is 0.224 e. The van der Waals surface area contributed by atoms with E-state index in [-0.39, 0.29) is 0 Å². The highest BCUT2D eigenvalue weighted by Crippen LogP contribution is 2.16. The molecular weight excluding hydrogens is 288 g/mol. The lowest BCUT2D eigenvalue weighted by Crippen LogP contribution is -2.13. The van der Waals surface area contributed by atoms with Crippen molar-refractivity contribution >= 4 is 11.8 Å². The number of aryl methyl sites for hydroxylation is 1. The summed E-state index contributed by atoms with van der Waals surface area (Å²) in [5, 5.41) is 7.77. The third kappa shape index (κ3) is 3.48. The van der Waals surface area contributed by atoms with Gasteiger partial charge in [-0.25, -0.2) is 9.67 Å². The lowest BCUT2D eigenvalue weighted by molar-refractivity contribution is 0.847. The fourth-order valence-electron chi connectivity index (χ4n) is 2.29. The van der Waals surface area contributed by atoms with E-state index in [0.29, 0.717) is 12.5 Å². The van der Waals surface area contributed by atoms with Crippen LogP contribution in [0.2, 0.25) is 0 Å². The third-order valence-electron chi connectivity index (χ3n) is 3.50. The summed E-state index contributed by atoms with van der Waals surface area (Å²) in [6.07, 6.45) is 3.73. The number of benzene rings is 1. The van der Waals surface area contributed by atoms with E-state index in [9.17, 15) is 0 Å². The first-order chi connectivity index (χ1) is 11.1. The van der Waals surface area contributed by atoms with E-state index < -0.39 is 0 Å². The minimum absolute atomic E-state index is 0.614. The lowest BCUT2D eigenvalue weighted by atomic mass is 10.2. The molecule has 0 radical (unpaired) electrons. The molecule has 0 unspecified atom stereocenters. The zero-order chi connectivity index (χ0) is 16.2. The Morgan fingerprint density at radius 3 is 2.70 bits per heavy atom. The summed E-state index contributed by atoms with van der Waals surface area (Å²) in [6, 6.07) is 12.0. The first-order valence-corrected chi connectivity index (χ1v) is 7.48. The standard InChI is InChI=1S/C17H20N6/c1-13-9-11-23(21-13)15-7-5-4-6-14(15)12-19-17-18-10-8-16(20-17)22(2)3/h4-11H,12H2,1-3H3,(H,18,19,20). The van der Waals surface area contributed by atoms with E-state index in [1.54, 1.807) is 6.20 Å². The molecule has 3 rings (SSSR count). The predicted octanol–water partition coefficient (Wildman–Crippen LogP) is 2.65. The maximum Gasteiger partial charge on any atom is 0.224 e. The van der Waals surface area contributed by atoms with Crippen molar-refractivity contribution in [2.24, 2.45) is 0 Å². The number of anilines is 2. The van der Waals surface area contributed by atoms with Gasteiger partial charge >= 0.3 is 0 Å². The van der Waals surface area contributed by atoms with Crippen molar-refractivity contribution in [3.8, 4) is 5.69 Å². The summed E-state index contributed by atoms with van der Waals surface area (Å²) >= 11 is 0. The number of nitrogens with zero attached hydrogens (tertiary/aromatic N) is 5. The molecule has 0 saturated heterocycles. The Balaban J connectivity index is 1.80. The SMILES string of the molecule is Cc1ccn(-c2ccccc2CNc2nccc(N(C)C)n2)n1. The maximum atomic E-state index is 4.48. The molecule has 118 valence electrons. The zero-order valence-electron chi connectivity index (χ0n) is 13.6. The minimum Gasteiger partial charge on any atom is -0.363 e. The molecule has 0 fully saturated rings. The molecule has 0 aliphatic rings. The van der Waals surface area contributed by atoms with Crippen LogP contribution in [-0.2, 0) is 6.54 Å². The van der Waals surface area contributed by atoms with Crippen molar-refractivity contribution in [3.05, 3.63) is 60.0 Å². The topological polar surface area (TPSA) is 58.9 Å². The van der Waals surface area contributed by atoms with Gasteiger partial charge in [-0.05, 0) is 30.7 Å². The first-order valence-electron chi connectivity index (χ1n) is 7.48. The number of hydrogen-bond acceptors (Lipinski definition) is 5. The van der Waals surface area contributed by atoms with E-state index in [1.807, 2.05) is 61.1 Å². The van der Waals surface area contributed by atoms with E-state index in [2.05, 4.69) is 32.5 Å². The molecule has 2 aromatic heterocycles. The molecule has 0 saturated carbocycles. The molecule has 3 aromatic rings. The molecule has 0 bridgehead atoms. The second kappa shape index (κ2) is 6.48. The highest BCUT2D eigenvalue weighted by molar-refractivity contribution is 5.44. The average molecular weight is 308 g/mol. The van der Waals surface area contributed by atoms with Gasteiger partial charge in [0.15, 0.2) is 0 Å². The van der Waals surface area contributed by atoms with Crippen LogP contribution in [0.4, 0.5) is 11.8 Å². The van der Waals surface area contributed by atoms with Gasteiger partial charge in [0.25, 0.3) is 0 Å². The molecule has 6 nitrogen and oxygen atoms in total. The van der Waals surface area contributed by atoms with Gasteiger partial charge in [-0.2, -0.15) is 10.1 Å². The molecule has 0 amide bonds. The van der Waals surface area contributed by atoms with Crippen LogP contribution in [0.25, 0.3) is 5.69 Å². The number of para-hydroxylation sites is 1. The molecule has 23 heavy (non-hydrogen) atoms. The van der Waals surface area contributed by atoms with Crippen LogP contribution in [0.1, 0.15) is 11.3 Å². The van der Waals surface area contributed by atoms with E-state index in [4.69, 9.17) is 0 Å². The Morgan fingerprint density at radius 1 is 1.13 bits per heavy atom. The Kier molecular flexibility index (Phi) is 4.23. The van der Waals surface area contributed by atoms with Gasteiger partial charge in [0, 0.05) is 33.0 Å². The van der Waals surface area contributed by atoms with Crippen molar-refractivity contribution in [1.29, 1.82) is 0 Å². The monoisotopic (exact) mass is 308 g/mol. The molecule has 0 aliphatic heterocycles. The van der Waals surface area contributed by atoms with Gasteiger partial charge < -0.3 is 10.2 Å². The van der Waals surface area contributed by atoms with Gasteiger partial charge in [-0.15, -0.1) is 0 Å². The van der Waals surface area contributed by atoms with E-state index in [1.165, 1.54) is 0 Å². The molecular formula is C17H20N6. The third-order valence-corrected chi connectivity index (χ3v) is 3.50. The quantitative estimate of drug-likeness (QED) is 0.785. The van der Waals surface area contributed by atoms with Gasteiger partial charge in [-0.1, -0.05) is 18.2 Å². The summed E-state index contributed by atoms with van der Waals surface area (Å²) in [5.41, 5.74) is 3.18. The van der Waals surface area contributed by atoms with Crippen LogP contribution in [0, 0.1) is 6.92 Å². The van der Waals surface area contributed by atoms with Crippen LogP contribution in [0.3, 0.4) is 0 Å². The van der Waals surface area contributed by atoms with Crippen LogP contribution in [0.5, 0.6) is 0 Å². The fraction of sp³-hybridized carbons (Fsp3) is 0.235. The van der Waals surface area contributed by atoms with Gasteiger partial charge in [0.1, 0.15) is 5.82 Å². The van der Waals surface area contributed by atoms with Crippen LogP contribution in [-0.4, -0.2) is 33.8 Å². The van der Waals surface area contributed by atoms with Crippen LogP contribution in [0.15, 0.2) is 48.8 Å². The van der Waals surface area contributed by atoms with Crippen molar-refractivity contribution in [1.82, 2.24) is 19.7 Å². The minimum atomic E-state index is 0.614. The number of aromatic nitrogens is 4. The molecule has 2 heterocycles. The largest absolute Gasteiger partial charge is 0.363 e. The van der Waals surface area contributed by atoms with Crippen molar-refractivity contribution in [3.63, 3.8) is 0 Å². The van der Waals surface area contributed by atoms with Crippen molar-refractivity contribution < 1.29 is 0 Å². The number of nitrogens with one attached hydrogen (secondary N) is 1. The number of hydrogen-bond donors (Lipinski definition) is 1. The Bertz CT molecular complexity index is 793. The van der Waals surface area contributed by atoms with Crippen LogP contribution < -0.4 is 10.2 Å². The van der Waals surface area contributed by atoms with Crippen LogP contribution >= 0.6 is 0 Å². The first kappa shape index (κ1) is 15.0. The van der Waals surface area contributed by atoms with Crippen molar-refractivity contribution in [2.45, 2.75) is 13.5 Å². The summed E-state index contributed by atoms with van der Waals surface area (Å²) in [4.78, 5) is 10.7. The zero-order valence-corrected chi connectivity index (χ0v) is 13.6. The predicted molar refractivity (Wildman–Crippen MR) is 92.0 cm³/mol. The van der Waals surface area contributed by atoms with Gasteiger partial charge in [0.05, 0.1) is 11.4 Å². The fourth-order valence-corrected chi connectivity index (χ4v) is 2.29. The lowest BCUT2D eigenvalue weighted by Gasteiger charge is -2.13. The summed E-state index contributed by atoms with van der Waals surface area (Å²) in [5.74, 6) is 1.49. The normalized spacial score (nSPS) is 10.6. The Hall–Kier alpha value is -2.89. The Labute approximate surface area is 135 Å². The highest BCUT2D eigenvalue weighted by Gasteiger charge is 2.06. The molecule has 0 spiro atoms. The summed E-state index contributed by atoms with van der Waals surface area (Å²) in [6.45, 7) is 2.61. The summed E-state index contributed by atoms with van der Waals surface area (Å²) < 4.78 is 1.89. The Morgan fingerprint density at radius 2 is 1.96 bits per heavy atom. The second-order valence-electron chi connectivity index (χ2n) is 5.52. The molecule has 0 atom stereocenters. The van der Waals surface area contributed by atoms with E-state index >= 15 is 0 Å². The molecule has 6 heteroatoms. The van der Waals surface area contributed by atoms with Crippen molar-refractivity contribution in [2.75, 3.05) is 24.3 Å². The summed E-state index contributed by atoms with van der Waals surface area (Å²) in [7, 11) is 3.92. The highest BCUT2D eigenvalue weighted by atomic mass is 15.3. The van der Waals surface area contributed by atoms with Gasteiger partial charge in [0.2, 0.25) is 5.95 Å². The molecule has 1 aromatic carbocycles. The average Bonchev–Trinajstić information content (AvgIpc) is 3.00. The molecule has 0 aliphatic carbocycles. The second-order valence-corrected chi connectivity index (χ2v) is 5.52. The van der Waals surface area contributed by atoms with E-state index in [0.717, 1.165) is 22.8 Å². The maximum absolute atomic E-state index is 4.48. The number of rotatable bonds is 5. The molecule has 1 N–H and O–H groups in total. The van der Waals surface area contributed by atoms with Gasteiger partial charge in [-0.3, -0.25) is 0 Å².